The topological polar surface area (TPSA) is 84.6 Å². The van der Waals surface area contributed by atoms with Gasteiger partial charge in [0.25, 0.3) is 0 Å². The average molecular weight is 306 g/mol. The summed E-state index contributed by atoms with van der Waals surface area (Å²) in [6.07, 6.45) is 3.29. The summed E-state index contributed by atoms with van der Waals surface area (Å²) in [6, 6.07) is 6.66. The third kappa shape index (κ3) is 4.45. The van der Waals surface area contributed by atoms with E-state index in [4.69, 9.17) is 10.5 Å². The highest BCUT2D eigenvalue weighted by Gasteiger charge is 2.24. The van der Waals surface area contributed by atoms with E-state index in [1.54, 1.807) is 24.3 Å². The minimum atomic E-state index is -0.520. The first kappa shape index (κ1) is 16.8. The zero-order chi connectivity index (χ0) is 16.1. The monoisotopic (exact) mass is 306 g/mol. The number of aliphatic hydroxyl groups excluding tert-OH is 1. The Hall–Kier alpha value is -1.59. The van der Waals surface area contributed by atoms with Gasteiger partial charge in [0.2, 0.25) is 5.91 Å². The van der Waals surface area contributed by atoms with Gasteiger partial charge in [-0.05, 0) is 49.4 Å². The van der Waals surface area contributed by atoms with Gasteiger partial charge >= 0.3 is 0 Å². The fourth-order valence-electron chi connectivity index (χ4n) is 2.53. The minimum absolute atomic E-state index is 0.0930. The maximum atomic E-state index is 11.9. The van der Waals surface area contributed by atoms with E-state index in [1.165, 1.54) is 0 Å². The first-order chi connectivity index (χ1) is 10.5. The van der Waals surface area contributed by atoms with E-state index in [2.05, 4.69) is 5.32 Å². The van der Waals surface area contributed by atoms with Crippen LogP contribution in [0.25, 0.3) is 0 Å². The van der Waals surface area contributed by atoms with Gasteiger partial charge in [-0.3, -0.25) is 4.79 Å². The van der Waals surface area contributed by atoms with E-state index in [0.29, 0.717) is 11.4 Å². The van der Waals surface area contributed by atoms with Crippen molar-refractivity contribution in [2.75, 3.05) is 5.32 Å². The Balaban J connectivity index is 1.91. The van der Waals surface area contributed by atoms with Crippen LogP contribution in [-0.2, 0) is 4.79 Å². The number of carbonyl (C=O) groups excluding carboxylic acids is 1. The van der Waals surface area contributed by atoms with Crippen LogP contribution in [0.4, 0.5) is 5.69 Å². The van der Waals surface area contributed by atoms with Gasteiger partial charge in [0, 0.05) is 5.69 Å². The second-order valence-electron chi connectivity index (χ2n) is 6.29. The van der Waals surface area contributed by atoms with Gasteiger partial charge in [0.1, 0.15) is 11.9 Å². The molecular formula is C17H26N2O3. The molecule has 2 rings (SSSR count). The third-order valence-electron chi connectivity index (χ3n) is 4.10. The lowest BCUT2D eigenvalue weighted by Crippen LogP contribution is -2.39. The number of anilines is 1. The van der Waals surface area contributed by atoms with Crippen molar-refractivity contribution in [2.24, 2.45) is 11.7 Å². The summed E-state index contributed by atoms with van der Waals surface area (Å²) in [5, 5.41) is 12.7. The van der Waals surface area contributed by atoms with E-state index in [1.807, 2.05) is 13.8 Å². The summed E-state index contributed by atoms with van der Waals surface area (Å²) < 4.78 is 5.83. The zero-order valence-corrected chi connectivity index (χ0v) is 13.3. The largest absolute Gasteiger partial charge is 0.488 e. The van der Waals surface area contributed by atoms with Gasteiger partial charge in [-0.1, -0.05) is 20.3 Å². The van der Waals surface area contributed by atoms with Gasteiger partial charge < -0.3 is 20.9 Å². The van der Waals surface area contributed by atoms with Gasteiger partial charge in [-0.25, -0.2) is 0 Å². The number of ether oxygens (including phenoxy) is 1. The molecule has 0 aliphatic heterocycles. The predicted octanol–water partition coefficient (Wildman–Crippen LogP) is 2.29. The number of amides is 1. The molecule has 22 heavy (non-hydrogen) atoms. The lowest BCUT2D eigenvalue weighted by Gasteiger charge is -2.28. The van der Waals surface area contributed by atoms with Crippen LogP contribution in [0.3, 0.4) is 0 Å². The maximum Gasteiger partial charge on any atom is 0.241 e. The summed E-state index contributed by atoms with van der Waals surface area (Å²) in [4.78, 5) is 11.9. The van der Waals surface area contributed by atoms with Gasteiger partial charge in [0.15, 0.2) is 0 Å². The molecule has 5 nitrogen and oxygen atoms in total. The summed E-state index contributed by atoms with van der Waals surface area (Å²) in [7, 11) is 0. The van der Waals surface area contributed by atoms with Gasteiger partial charge in [-0.15, -0.1) is 0 Å². The molecule has 1 fully saturated rings. The smallest absolute Gasteiger partial charge is 0.241 e. The van der Waals surface area contributed by atoms with Crippen molar-refractivity contribution in [3.8, 4) is 5.75 Å². The second-order valence-corrected chi connectivity index (χ2v) is 6.29. The van der Waals surface area contributed by atoms with Crippen molar-refractivity contribution in [2.45, 2.75) is 57.8 Å². The molecule has 1 aromatic rings. The highest BCUT2D eigenvalue weighted by molar-refractivity contribution is 5.94. The van der Waals surface area contributed by atoms with E-state index in [9.17, 15) is 9.90 Å². The van der Waals surface area contributed by atoms with Crippen molar-refractivity contribution in [3.63, 3.8) is 0 Å². The first-order valence-corrected chi connectivity index (χ1v) is 7.98. The lowest BCUT2D eigenvalue weighted by molar-refractivity contribution is -0.118. The zero-order valence-electron chi connectivity index (χ0n) is 13.3. The normalized spacial score (nSPS) is 23.1. The standard InChI is InChI=1S/C17H26N2O3/c1-11(2)16(18)17(21)19-12-7-9-13(10-8-12)22-15-6-4-3-5-14(15)20/h7-11,14-16,20H,3-6,18H2,1-2H3,(H,19,21)/t14?,15?,16-/m0/s1. The second kappa shape index (κ2) is 7.61. The molecule has 1 aromatic carbocycles. The molecule has 4 N–H and O–H groups in total. The van der Waals surface area contributed by atoms with Crippen LogP contribution >= 0.6 is 0 Å². The van der Waals surface area contributed by atoms with E-state index in [-0.39, 0.29) is 17.9 Å². The van der Waals surface area contributed by atoms with Crippen LogP contribution in [-0.4, -0.2) is 29.3 Å². The number of nitrogens with one attached hydrogen (secondary N) is 1. The van der Waals surface area contributed by atoms with Crippen molar-refractivity contribution >= 4 is 11.6 Å². The van der Waals surface area contributed by atoms with Crippen LogP contribution in [0.2, 0.25) is 0 Å². The molecule has 3 atom stereocenters. The Kier molecular flexibility index (Phi) is 5.80. The number of aliphatic hydroxyl groups is 1. The van der Waals surface area contributed by atoms with Gasteiger partial charge in [-0.2, -0.15) is 0 Å². The van der Waals surface area contributed by atoms with Gasteiger partial charge in [0.05, 0.1) is 12.1 Å². The summed E-state index contributed by atoms with van der Waals surface area (Å²) >= 11 is 0. The molecule has 1 aliphatic rings. The molecule has 0 spiro atoms. The maximum absolute atomic E-state index is 11.9. The predicted molar refractivity (Wildman–Crippen MR) is 86.8 cm³/mol. The Labute approximate surface area is 131 Å². The summed E-state index contributed by atoms with van der Waals surface area (Å²) in [5.74, 6) is 0.610. The van der Waals surface area contributed by atoms with Crippen molar-refractivity contribution < 1.29 is 14.6 Å². The Morgan fingerprint density at radius 2 is 1.91 bits per heavy atom. The molecule has 2 unspecified atom stereocenters. The molecule has 0 radical (unpaired) electrons. The number of carbonyl (C=O) groups is 1. The molecule has 0 saturated heterocycles. The van der Waals surface area contributed by atoms with Crippen LogP contribution in [0.1, 0.15) is 39.5 Å². The SMILES string of the molecule is CC(C)[C@H](N)C(=O)Nc1ccc(OC2CCCCC2O)cc1. The molecule has 5 heteroatoms. The summed E-state index contributed by atoms with van der Waals surface area (Å²) in [5.41, 5.74) is 6.50. The van der Waals surface area contributed by atoms with Crippen LogP contribution in [0.15, 0.2) is 24.3 Å². The highest BCUT2D eigenvalue weighted by Crippen LogP contribution is 2.25. The average Bonchev–Trinajstić information content (AvgIpc) is 2.50. The Morgan fingerprint density at radius 3 is 2.50 bits per heavy atom. The first-order valence-electron chi connectivity index (χ1n) is 7.98. The molecule has 0 bridgehead atoms. The summed E-state index contributed by atoms with van der Waals surface area (Å²) in [6.45, 7) is 3.83. The van der Waals surface area contributed by atoms with Crippen LogP contribution in [0, 0.1) is 5.92 Å². The van der Waals surface area contributed by atoms with E-state index >= 15 is 0 Å². The molecular weight excluding hydrogens is 280 g/mol. The fourth-order valence-corrected chi connectivity index (χ4v) is 2.53. The number of rotatable bonds is 5. The molecule has 122 valence electrons. The lowest BCUT2D eigenvalue weighted by atomic mass is 9.95. The van der Waals surface area contributed by atoms with Crippen molar-refractivity contribution in [1.29, 1.82) is 0 Å². The molecule has 0 heterocycles. The third-order valence-corrected chi connectivity index (χ3v) is 4.10. The minimum Gasteiger partial charge on any atom is -0.488 e. The quantitative estimate of drug-likeness (QED) is 0.779. The Morgan fingerprint density at radius 1 is 1.27 bits per heavy atom. The molecule has 0 aromatic heterocycles. The van der Waals surface area contributed by atoms with E-state index in [0.717, 1.165) is 25.7 Å². The van der Waals surface area contributed by atoms with Crippen LogP contribution in [0.5, 0.6) is 5.75 Å². The molecule has 1 saturated carbocycles. The Bertz CT molecular complexity index is 487. The van der Waals surface area contributed by atoms with E-state index < -0.39 is 12.1 Å². The highest BCUT2D eigenvalue weighted by atomic mass is 16.5. The molecule has 1 amide bonds. The number of nitrogens with two attached hydrogens (primary N) is 1. The van der Waals surface area contributed by atoms with Crippen molar-refractivity contribution in [1.82, 2.24) is 0 Å². The van der Waals surface area contributed by atoms with Crippen LogP contribution < -0.4 is 15.8 Å². The number of hydrogen-bond donors (Lipinski definition) is 3. The fraction of sp³-hybridized carbons (Fsp3) is 0.588. The number of hydrogen-bond acceptors (Lipinski definition) is 4. The molecule has 1 aliphatic carbocycles. The number of benzene rings is 1. The van der Waals surface area contributed by atoms with Crippen molar-refractivity contribution in [3.05, 3.63) is 24.3 Å².